The molecule has 11 heteroatoms. The highest BCUT2D eigenvalue weighted by Crippen LogP contribution is 2.28. The number of carbonyl (C=O) groups is 2. The van der Waals surface area contributed by atoms with Gasteiger partial charge in [-0.1, -0.05) is 54.4 Å². The molecule has 3 rings (SSSR count). The second-order valence-electron chi connectivity index (χ2n) is 9.61. The van der Waals surface area contributed by atoms with Gasteiger partial charge in [0.05, 0.1) is 27.2 Å². The molecule has 1 N–H and O–H groups in total. The fourth-order valence-corrected chi connectivity index (χ4v) is 6.01. The molecule has 3 aromatic carbocycles. The normalized spacial score (nSPS) is 12.1. The monoisotopic (exact) mass is 619 g/mol. The van der Waals surface area contributed by atoms with Crippen molar-refractivity contribution in [1.82, 2.24) is 10.2 Å². The molecule has 2 amide bonds. The highest BCUT2D eigenvalue weighted by molar-refractivity contribution is 7.92. The summed E-state index contributed by atoms with van der Waals surface area (Å²) < 4.78 is 34.3. The van der Waals surface area contributed by atoms with E-state index in [1.54, 1.807) is 67.6 Å². The zero-order valence-corrected chi connectivity index (χ0v) is 25.8. The molecule has 0 unspecified atom stereocenters. The molecule has 0 aliphatic rings. The predicted molar refractivity (Wildman–Crippen MR) is 163 cm³/mol. The van der Waals surface area contributed by atoms with Gasteiger partial charge in [-0.05, 0) is 81.3 Å². The van der Waals surface area contributed by atoms with Crippen molar-refractivity contribution in [3.63, 3.8) is 0 Å². The lowest BCUT2D eigenvalue weighted by molar-refractivity contribution is -0.140. The van der Waals surface area contributed by atoms with Gasteiger partial charge in [-0.3, -0.25) is 13.9 Å². The largest absolute Gasteiger partial charge is 0.494 e. The standard InChI is InChI=1S/C30H35Cl2N3O5S/c1-5-28(30(37)33-21(3)4)34(19-22-12-17-26(31)27(32)18-22)29(36)20-35(23-13-15-24(16-14-23)40-6-2)41(38,39)25-10-8-7-9-11-25/h7-18,21,28H,5-6,19-20H2,1-4H3,(H,33,37)/t28-/m1/s1. The van der Waals surface area contributed by atoms with Crippen molar-refractivity contribution >= 4 is 50.7 Å². The van der Waals surface area contributed by atoms with Gasteiger partial charge in [-0.2, -0.15) is 0 Å². The highest BCUT2D eigenvalue weighted by Gasteiger charge is 2.34. The molecule has 0 spiro atoms. The Kier molecular flexibility index (Phi) is 11.5. The summed E-state index contributed by atoms with van der Waals surface area (Å²) in [5, 5.41) is 3.53. The van der Waals surface area contributed by atoms with Gasteiger partial charge in [0.2, 0.25) is 11.8 Å². The number of anilines is 1. The zero-order chi connectivity index (χ0) is 30.2. The molecule has 1 atom stereocenters. The molecule has 0 fully saturated rings. The minimum atomic E-state index is -4.16. The number of nitrogens with zero attached hydrogens (tertiary/aromatic N) is 2. The summed E-state index contributed by atoms with van der Waals surface area (Å²) in [5.74, 6) is -0.332. The van der Waals surface area contributed by atoms with Crippen molar-refractivity contribution in [2.24, 2.45) is 0 Å². The fraction of sp³-hybridized carbons (Fsp3) is 0.333. The number of halogens is 2. The van der Waals surface area contributed by atoms with Crippen LogP contribution in [0.5, 0.6) is 5.75 Å². The Morgan fingerprint density at radius 2 is 1.59 bits per heavy atom. The van der Waals surface area contributed by atoms with E-state index in [2.05, 4.69) is 5.32 Å². The van der Waals surface area contributed by atoms with Crippen molar-refractivity contribution in [3.8, 4) is 5.75 Å². The smallest absolute Gasteiger partial charge is 0.264 e. The Morgan fingerprint density at radius 1 is 0.927 bits per heavy atom. The molecule has 0 radical (unpaired) electrons. The van der Waals surface area contributed by atoms with E-state index in [0.29, 0.717) is 34.4 Å². The van der Waals surface area contributed by atoms with Gasteiger partial charge in [0, 0.05) is 12.6 Å². The summed E-state index contributed by atoms with van der Waals surface area (Å²) in [5.41, 5.74) is 0.918. The predicted octanol–water partition coefficient (Wildman–Crippen LogP) is 5.92. The second-order valence-corrected chi connectivity index (χ2v) is 12.3. The lowest BCUT2D eigenvalue weighted by Crippen LogP contribution is -2.53. The summed E-state index contributed by atoms with van der Waals surface area (Å²) in [4.78, 5) is 28.7. The van der Waals surface area contributed by atoms with Crippen molar-refractivity contribution in [3.05, 3.63) is 88.4 Å². The Hall–Kier alpha value is -3.27. The number of rotatable bonds is 13. The number of hydrogen-bond acceptors (Lipinski definition) is 5. The van der Waals surface area contributed by atoms with E-state index < -0.39 is 28.5 Å². The van der Waals surface area contributed by atoms with E-state index in [-0.39, 0.29) is 29.1 Å². The first-order valence-electron chi connectivity index (χ1n) is 13.3. The van der Waals surface area contributed by atoms with E-state index in [9.17, 15) is 18.0 Å². The van der Waals surface area contributed by atoms with Gasteiger partial charge in [0.15, 0.2) is 0 Å². The Labute approximate surface area is 252 Å². The van der Waals surface area contributed by atoms with Crippen LogP contribution in [0.2, 0.25) is 10.0 Å². The summed E-state index contributed by atoms with van der Waals surface area (Å²) >= 11 is 12.3. The average Bonchev–Trinajstić information content (AvgIpc) is 2.94. The van der Waals surface area contributed by atoms with Gasteiger partial charge in [-0.15, -0.1) is 0 Å². The van der Waals surface area contributed by atoms with Crippen LogP contribution >= 0.6 is 23.2 Å². The molecule has 0 heterocycles. The van der Waals surface area contributed by atoms with E-state index in [0.717, 1.165) is 4.31 Å². The van der Waals surface area contributed by atoms with Crippen LogP contribution in [-0.4, -0.2) is 50.4 Å². The van der Waals surface area contributed by atoms with Crippen LogP contribution in [0.4, 0.5) is 5.69 Å². The van der Waals surface area contributed by atoms with Crippen molar-refractivity contribution in [1.29, 1.82) is 0 Å². The third-order valence-electron chi connectivity index (χ3n) is 6.20. The van der Waals surface area contributed by atoms with Crippen molar-refractivity contribution < 1.29 is 22.7 Å². The van der Waals surface area contributed by atoms with E-state index in [4.69, 9.17) is 27.9 Å². The molecule has 0 aliphatic carbocycles. The SMILES string of the molecule is CCOc1ccc(N(CC(=O)N(Cc2ccc(Cl)c(Cl)c2)[C@H](CC)C(=O)NC(C)C)S(=O)(=O)c2ccccc2)cc1. The first kappa shape index (κ1) is 32.2. The lowest BCUT2D eigenvalue weighted by Gasteiger charge is -2.33. The maximum atomic E-state index is 14.1. The third-order valence-corrected chi connectivity index (χ3v) is 8.73. The summed E-state index contributed by atoms with van der Waals surface area (Å²) in [7, 11) is -4.16. The second kappa shape index (κ2) is 14.6. The molecule has 8 nitrogen and oxygen atoms in total. The fourth-order valence-electron chi connectivity index (χ4n) is 4.26. The molecular weight excluding hydrogens is 585 g/mol. The lowest BCUT2D eigenvalue weighted by atomic mass is 10.1. The molecule has 0 bridgehead atoms. The molecule has 220 valence electrons. The first-order chi connectivity index (χ1) is 19.5. The molecule has 0 aromatic heterocycles. The van der Waals surface area contributed by atoms with Crippen LogP contribution in [0.3, 0.4) is 0 Å². The van der Waals surface area contributed by atoms with Gasteiger partial charge < -0.3 is 15.0 Å². The molecular formula is C30H35Cl2N3O5S. The Bertz CT molecular complexity index is 1430. The summed E-state index contributed by atoms with van der Waals surface area (Å²) in [6.07, 6.45) is 0.306. The summed E-state index contributed by atoms with van der Waals surface area (Å²) in [6.45, 7) is 7.22. The molecule has 41 heavy (non-hydrogen) atoms. The van der Waals surface area contributed by atoms with Gasteiger partial charge >= 0.3 is 0 Å². The topological polar surface area (TPSA) is 96.0 Å². The number of ether oxygens (including phenoxy) is 1. The van der Waals surface area contributed by atoms with Gasteiger partial charge in [0.25, 0.3) is 10.0 Å². The van der Waals surface area contributed by atoms with E-state index in [1.165, 1.54) is 17.0 Å². The molecule has 0 saturated carbocycles. The van der Waals surface area contributed by atoms with Crippen LogP contribution in [0, 0.1) is 0 Å². The number of benzene rings is 3. The number of nitrogens with one attached hydrogen (secondary N) is 1. The zero-order valence-electron chi connectivity index (χ0n) is 23.5. The number of carbonyl (C=O) groups excluding carboxylic acids is 2. The summed E-state index contributed by atoms with van der Waals surface area (Å²) in [6, 6.07) is 18.3. The van der Waals surface area contributed by atoms with Crippen molar-refractivity contribution in [2.75, 3.05) is 17.5 Å². The minimum absolute atomic E-state index is 0.0161. The number of sulfonamides is 1. The van der Waals surface area contributed by atoms with E-state index >= 15 is 0 Å². The maximum Gasteiger partial charge on any atom is 0.264 e. The van der Waals surface area contributed by atoms with Crippen LogP contribution in [0.1, 0.15) is 39.7 Å². The highest BCUT2D eigenvalue weighted by atomic mass is 35.5. The molecule has 0 aliphatic heterocycles. The number of amides is 2. The maximum absolute atomic E-state index is 14.1. The Balaban J connectivity index is 2.06. The van der Waals surface area contributed by atoms with Crippen molar-refractivity contribution in [2.45, 2.75) is 57.6 Å². The molecule has 0 saturated heterocycles. The number of hydrogen-bond donors (Lipinski definition) is 1. The van der Waals surface area contributed by atoms with Crippen LogP contribution in [-0.2, 0) is 26.2 Å². The quantitative estimate of drug-likeness (QED) is 0.256. The van der Waals surface area contributed by atoms with Gasteiger partial charge in [-0.25, -0.2) is 8.42 Å². The van der Waals surface area contributed by atoms with Crippen LogP contribution < -0.4 is 14.4 Å². The Morgan fingerprint density at radius 3 is 2.15 bits per heavy atom. The van der Waals surface area contributed by atoms with Crippen LogP contribution in [0.25, 0.3) is 0 Å². The molecule has 3 aromatic rings. The van der Waals surface area contributed by atoms with E-state index in [1.807, 2.05) is 20.8 Å². The first-order valence-corrected chi connectivity index (χ1v) is 15.5. The van der Waals surface area contributed by atoms with Crippen LogP contribution in [0.15, 0.2) is 77.7 Å². The van der Waals surface area contributed by atoms with Gasteiger partial charge in [0.1, 0.15) is 18.3 Å². The third kappa shape index (κ3) is 8.38. The minimum Gasteiger partial charge on any atom is -0.494 e. The average molecular weight is 621 g/mol.